The van der Waals surface area contributed by atoms with Gasteiger partial charge in [-0.25, -0.2) is 0 Å². The fourth-order valence-corrected chi connectivity index (χ4v) is 0. The minimum Gasteiger partial charge on any atom is -0.511 e. The van der Waals surface area contributed by atoms with Gasteiger partial charge in [-0.15, -0.1) is 0 Å². The average Bonchev–Trinajstić information content (AvgIpc) is 0.811. The van der Waals surface area contributed by atoms with Gasteiger partial charge in [-0.2, -0.15) is 0 Å². The van der Waals surface area contributed by atoms with Crippen LogP contribution in [0, 0.1) is 0 Å². The maximum atomic E-state index is 8.74. The summed E-state index contributed by atoms with van der Waals surface area (Å²) in [6.07, 6.45) is 0. The molecule has 0 aliphatic heterocycles. The van der Waals surface area contributed by atoms with Gasteiger partial charge >= 0.3 is 9.17 Å². The molecule has 2 N–H and O–H groups in total. The predicted molar refractivity (Wildman–Crippen MR) is 20.8 cm³/mol. The second-order valence-corrected chi connectivity index (χ2v) is 0.848. The summed E-state index contributed by atoms with van der Waals surface area (Å²) in [7, 11) is -3.13. The van der Waals surface area contributed by atoms with E-state index in [-0.39, 0.29) is 50.1 Å². The van der Waals surface area contributed by atoms with Crippen molar-refractivity contribution in [3.05, 3.63) is 0 Å². The minimum atomic E-state index is -3.13. The molecule has 0 unspecified atom stereocenters. The van der Waals surface area contributed by atoms with Gasteiger partial charge in [0, 0.05) is 32.7 Å². The molecule has 0 spiro atoms. The quantitative estimate of drug-likeness (QED) is 0.412. The molecule has 0 aromatic rings. The van der Waals surface area contributed by atoms with Crippen LogP contribution in [-0.2, 0) is 37.2 Å². The Morgan fingerprint density at radius 3 is 1.33 bits per heavy atom. The summed E-state index contributed by atoms with van der Waals surface area (Å²) < 4.78 is 8.74. The molecule has 0 aromatic heterocycles. The average molecular weight is 197 g/mol. The molecule has 0 saturated heterocycles. The Kier molecular flexibility index (Phi) is 24.9. The summed E-state index contributed by atoms with van der Waals surface area (Å²) in [5.74, 6) is 0. The standard InChI is InChI=1S/Al.H2O3Si.Y.3H/c;1-4(2)3;;;;/h;1-2H;;;;. The molecule has 0 saturated carbocycles. The molecule has 0 aromatic carbocycles. The van der Waals surface area contributed by atoms with Gasteiger partial charge in [-0.1, -0.05) is 0 Å². The van der Waals surface area contributed by atoms with E-state index in [0.29, 0.717) is 0 Å². The van der Waals surface area contributed by atoms with Crippen LogP contribution in [-0.4, -0.2) is 36.1 Å². The van der Waals surface area contributed by atoms with Crippen LogP contribution in [0.5, 0.6) is 0 Å². The van der Waals surface area contributed by atoms with Crippen LogP contribution in [0.4, 0.5) is 0 Å². The van der Waals surface area contributed by atoms with E-state index in [9.17, 15) is 0 Å². The fraction of sp³-hybridized carbons (Fsp3) is 0. The van der Waals surface area contributed by atoms with Gasteiger partial charge in [0.2, 0.25) is 0 Å². The SMILES string of the molecule is O=[Si](O)O.[AlH3].[Y]. The number of rotatable bonds is 0. The number of hydrogen-bond acceptors (Lipinski definition) is 1. The zero-order valence-electron chi connectivity index (χ0n) is 2.38. The molecular weight excluding hydrogens is 192 g/mol. The van der Waals surface area contributed by atoms with Crippen molar-refractivity contribution in [3.8, 4) is 0 Å². The van der Waals surface area contributed by atoms with E-state index >= 15 is 0 Å². The molecule has 0 aliphatic carbocycles. The predicted octanol–water partition coefficient (Wildman–Crippen LogP) is -2.80. The monoisotopic (exact) mass is 197 g/mol. The van der Waals surface area contributed by atoms with Crippen molar-refractivity contribution in [2.24, 2.45) is 0 Å². The van der Waals surface area contributed by atoms with E-state index < -0.39 is 9.17 Å². The minimum absolute atomic E-state index is 0. The molecular formula is H5AlO3SiY. The molecule has 0 rings (SSSR count). The first-order valence-electron chi connectivity index (χ1n) is 0.651. The van der Waals surface area contributed by atoms with E-state index in [1.165, 1.54) is 0 Å². The summed E-state index contributed by atoms with van der Waals surface area (Å²) in [4.78, 5) is 14.3. The normalized spacial score (nSPS) is 4.00. The summed E-state index contributed by atoms with van der Waals surface area (Å²) >= 11 is 0. The third-order valence-corrected chi connectivity index (χ3v) is 0. The second-order valence-electron chi connectivity index (χ2n) is 0.283. The van der Waals surface area contributed by atoms with E-state index in [4.69, 9.17) is 14.1 Å². The molecule has 33 valence electrons. The first-order valence-corrected chi connectivity index (χ1v) is 1.95. The van der Waals surface area contributed by atoms with Crippen molar-refractivity contribution in [2.75, 3.05) is 0 Å². The molecule has 0 bridgehead atoms. The van der Waals surface area contributed by atoms with Gasteiger partial charge in [0.05, 0.1) is 0 Å². The molecule has 6 heavy (non-hydrogen) atoms. The molecule has 6 heteroatoms. The Labute approximate surface area is 72.7 Å². The van der Waals surface area contributed by atoms with E-state index in [2.05, 4.69) is 0 Å². The molecule has 1 radical (unpaired) electrons. The Hall–Kier alpha value is 1.25. The maximum Gasteiger partial charge on any atom is 0.761 e. The Balaban J connectivity index is -0.0000000450. The van der Waals surface area contributed by atoms with Gasteiger partial charge in [0.15, 0.2) is 17.4 Å². The third-order valence-electron chi connectivity index (χ3n) is 0. The van der Waals surface area contributed by atoms with Crippen molar-refractivity contribution in [3.63, 3.8) is 0 Å². The summed E-state index contributed by atoms with van der Waals surface area (Å²) in [6.45, 7) is 0. The first kappa shape index (κ1) is 15.7. The number of hydrogen-bond donors (Lipinski definition) is 2. The van der Waals surface area contributed by atoms with Crippen LogP contribution in [0.3, 0.4) is 0 Å². The van der Waals surface area contributed by atoms with Crippen molar-refractivity contribution < 1.29 is 46.8 Å². The van der Waals surface area contributed by atoms with Gasteiger partial charge < -0.3 is 9.59 Å². The Bertz CT molecular complexity index is 33.8. The van der Waals surface area contributed by atoms with Gasteiger partial charge in [0.1, 0.15) is 0 Å². The molecule has 3 nitrogen and oxygen atoms in total. The summed E-state index contributed by atoms with van der Waals surface area (Å²) in [6, 6.07) is 0. The smallest absolute Gasteiger partial charge is 0.511 e. The Morgan fingerprint density at radius 1 is 1.33 bits per heavy atom. The third kappa shape index (κ3) is 60.5. The van der Waals surface area contributed by atoms with Crippen LogP contribution in [0.15, 0.2) is 0 Å². The summed E-state index contributed by atoms with van der Waals surface area (Å²) in [5, 5.41) is 0. The molecule has 0 atom stereocenters. The fourth-order valence-electron chi connectivity index (χ4n) is 0. The van der Waals surface area contributed by atoms with Crippen LogP contribution < -0.4 is 0 Å². The topological polar surface area (TPSA) is 57.5 Å². The molecule has 0 fully saturated rings. The van der Waals surface area contributed by atoms with Crippen LogP contribution in [0.2, 0.25) is 0 Å². The van der Waals surface area contributed by atoms with E-state index in [1.807, 2.05) is 0 Å². The Morgan fingerprint density at radius 2 is 1.33 bits per heavy atom. The van der Waals surface area contributed by atoms with Crippen LogP contribution in [0.25, 0.3) is 0 Å². The van der Waals surface area contributed by atoms with Crippen molar-refractivity contribution >= 4 is 26.5 Å². The van der Waals surface area contributed by atoms with Crippen molar-refractivity contribution in [2.45, 2.75) is 0 Å². The van der Waals surface area contributed by atoms with Crippen molar-refractivity contribution in [1.29, 1.82) is 0 Å². The van der Waals surface area contributed by atoms with Gasteiger partial charge in [-0.05, 0) is 0 Å². The molecule has 0 aliphatic rings. The van der Waals surface area contributed by atoms with Gasteiger partial charge in [0.25, 0.3) is 0 Å². The summed E-state index contributed by atoms with van der Waals surface area (Å²) in [5.41, 5.74) is 0. The zero-order valence-corrected chi connectivity index (χ0v) is 6.22. The van der Waals surface area contributed by atoms with E-state index in [0.717, 1.165) is 0 Å². The van der Waals surface area contributed by atoms with Gasteiger partial charge in [-0.3, -0.25) is 4.46 Å². The largest absolute Gasteiger partial charge is 0.761 e. The van der Waals surface area contributed by atoms with Crippen LogP contribution >= 0.6 is 0 Å². The second kappa shape index (κ2) is 9.54. The molecule has 0 amide bonds. The van der Waals surface area contributed by atoms with Crippen LogP contribution in [0.1, 0.15) is 0 Å². The molecule has 0 heterocycles. The van der Waals surface area contributed by atoms with Crippen molar-refractivity contribution in [1.82, 2.24) is 0 Å². The van der Waals surface area contributed by atoms with E-state index in [1.54, 1.807) is 0 Å². The first-order chi connectivity index (χ1) is 1.73. The maximum absolute atomic E-state index is 8.74. The zero-order chi connectivity index (χ0) is 3.58.